The lowest BCUT2D eigenvalue weighted by atomic mass is 9.53. The van der Waals surface area contributed by atoms with E-state index in [9.17, 15) is 0 Å². The summed E-state index contributed by atoms with van der Waals surface area (Å²) in [6, 6.07) is 0. The molecule has 0 saturated heterocycles. The molecule has 0 nitrogen and oxygen atoms in total. The monoisotopic (exact) mass is 222 g/mol. The minimum Gasteiger partial charge on any atom is -0.0999 e. The van der Waals surface area contributed by atoms with Crippen LogP contribution in [0.15, 0.2) is 12.2 Å². The Morgan fingerprint density at radius 1 is 1.25 bits per heavy atom. The molecule has 1 aliphatic carbocycles. The van der Waals surface area contributed by atoms with Crippen LogP contribution < -0.4 is 0 Å². The van der Waals surface area contributed by atoms with Gasteiger partial charge in [-0.3, -0.25) is 0 Å². The van der Waals surface area contributed by atoms with Gasteiger partial charge >= 0.3 is 0 Å². The molecule has 0 aromatic heterocycles. The minimum absolute atomic E-state index is 0.458. The van der Waals surface area contributed by atoms with Crippen LogP contribution in [-0.4, -0.2) is 0 Å². The van der Waals surface area contributed by atoms with E-state index < -0.39 is 0 Å². The van der Waals surface area contributed by atoms with Crippen molar-refractivity contribution < 1.29 is 0 Å². The second-order valence-electron chi connectivity index (χ2n) is 7.07. The normalized spacial score (nSPS) is 32.4. The molecule has 16 heavy (non-hydrogen) atoms. The molecule has 0 N–H and O–H groups in total. The first-order valence-corrected chi connectivity index (χ1v) is 6.88. The molecule has 1 saturated carbocycles. The largest absolute Gasteiger partial charge is 0.0999 e. The highest BCUT2D eigenvalue weighted by Gasteiger charge is 2.46. The molecular weight excluding hydrogens is 192 g/mol. The molecular formula is C16H30. The fraction of sp³-hybridized carbons (Fsp3) is 0.875. The van der Waals surface area contributed by atoms with Gasteiger partial charge in [0.05, 0.1) is 0 Å². The molecule has 1 fully saturated rings. The average Bonchev–Trinajstić information content (AvgIpc) is 2.20. The Bertz CT molecular complexity index is 257. The Balaban J connectivity index is 2.79. The van der Waals surface area contributed by atoms with Gasteiger partial charge in [-0.2, -0.15) is 0 Å². The molecule has 94 valence electrons. The minimum atomic E-state index is 0.458. The van der Waals surface area contributed by atoms with Gasteiger partial charge in [-0.1, -0.05) is 53.7 Å². The van der Waals surface area contributed by atoms with Crippen molar-refractivity contribution in [2.75, 3.05) is 0 Å². The van der Waals surface area contributed by atoms with Gasteiger partial charge in [0.2, 0.25) is 0 Å². The first-order valence-electron chi connectivity index (χ1n) is 6.88. The van der Waals surface area contributed by atoms with E-state index in [4.69, 9.17) is 0 Å². The van der Waals surface area contributed by atoms with E-state index in [1.165, 1.54) is 24.8 Å². The highest BCUT2D eigenvalue weighted by atomic mass is 14.5. The summed E-state index contributed by atoms with van der Waals surface area (Å²) in [5, 5.41) is 0. The topological polar surface area (TPSA) is 0 Å². The molecule has 0 heterocycles. The summed E-state index contributed by atoms with van der Waals surface area (Å²) >= 11 is 0. The van der Waals surface area contributed by atoms with Crippen LogP contribution in [0.5, 0.6) is 0 Å². The maximum atomic E-state index is 4.19. The van der Waals surface area contributed by atoms with Crippen molar-refractivity contribution in [3.8, 4) is 0 Å². The van der Waals surface area contributed by atoms with Gasteiger partial charge in [0.25, 0.3) is 0 Å². The van der Waals surface area contributed by atoms with Crippen molar-refractivity contribution >= 4 is 0 Å². The maximum Gasteiger partial charge on any atom is -0.0289 e. The predicted octanol–water partition coefficient (Wildman–Crippen LogP) is 5.44. The van der Waals surface area contributed by atoms with Gasteiger partial charge in [-0.25, -0.2) is 0 Å². The van der Waals surface area contributed by atoms with Gasteiger partial charge in [0.1, 0.15) is 0 Å². The van der Waals surface area contributed by atoms with Crippen LogP contribution >= 0.6 is 0 Å². The molecule has 1 aliphatic rings. The van der Waals surface area contributed by atoms with E-state index >= 15 is 0 Å². The zero-order chi connectivity index (χ0) is 12.6. The number of rotatable bonds is 3. The first-order chi connectivity index (χ1) is 7.21. The standard InChI is InChI=1S/C16H30/c1-8-12(2)11-14-9-10-15(4,5)13(3)16(14,6)7/h13-14H,2,8-11H2,1,3-7H3. The van der Waals surface area contributed by atoms with Crippen molar-refractivity contribution in [2.24, 2.45) is 22.7 Å². The van der Waals surface area contributed by atoms with Crippen LogP contribution in [0.2, 0.25) is 0 Å². The number of hydrogen-bond acceptors (Lipinski definition) is 0. The zero-order valence-corrected chi connectivity index (χ0v) is 12.2. The fourth-order valence-corrected chi connectivity index (χ4v) is 3.35. The predicted molar refractivity (Wildman–Crippen MR) is 73.5 cm³/mol. The Labute approximate surface area is 103 Å². The Morgan fingerprint density at radius 2 is 1.81 bits per heavy atom. The molecule has 0 aliphatic heterocycles. The fourth-order valence-electron chi connectivity index (χ4n) is 3.35. The van der Waals surface area contributed by atoms with E-state index in [1.807, 2.05) is 0 Å². The molecule has 0 bridgehead atoms. The second-order valence-corrected chi connectivity index (χ2v) is 7.07. The molecule has 1 rings (SSSR count). The second kappa shape index (κ2) is 4.55. The maximum absolute atomic E-state index is 4.19. The summed E-state index contributed by atoms with van der Waals surface area (Å²) in [5.74, 6) is 1.63. The average molecular weight is 222 g/mol. The third-order valence-electron chi connectivity index (χ3n) is 5.51. The summed E-state index contributed by atoms with van der Waals surface area (Å²) in [6.45, 7) is 18.7. The molecule has 0 amide bonds. The van der Waals surface area contributed by atoms with Gasteiger partial charge in [-0.05, 0) is 48.3 Å². The van der Waals surface area contributed by atoms with Crippen LogP contribution in [0, 0.1) is 22.7 Å². The lowest BCUT2D eigenvalue weighted by Gasteiger charge is -2.52. The zero-order valence-electron chi connectivity index (χ0n) is 12.2. The summed E-state index contributed by atoms with van der Waals surface area (Å²) in [5.41, 5.74) is 2.40. The first kappa shape index (κ1) is 13.8. The van der Waals surface area contributed by atoms with Crippen LogP contribution in [0.1, 0.15) is 67.2 Å². The molecule has 0 heteroatoms. The third kappa shape index (κ3) is 2.52. The molecule has 2 unspecified atom stereocenters. The van der Waals surface area contributed by atoms with Crippen LogP contribution in [0.4, 0.5) is 0 Å². The summed E-state index contributed by atoms with van der Waals surface area (Å²) < 4.78 is 0. The Hall–Kier alpha value is -0.260. The number of allylic oxidation sites excluding steroid dienone is 1. The van der Waals surface area contributed by atoms with Gasteiger partial charge in [-0.15, -0.1) is 0 Å². The lowest BCUT2D eigenvalue weighted by molar-refractivity contribution is -0.0240. The lowest BCUT2D eigenvalue weighted by Crippen LogP contribution is -2.44. The van der Waals surface area contributed by atoms with E-state index in [1.54, 1.807) is 0 Å². The van der Waals surface area contributed by atoms with Crippen LogP contribution in [0.25, 0.3) is 0 Å². The summed E-state index contributed by atoms with van der Waals surface area (Å²) in [4.78, 5) is 0. The summed E-state index contributed by atoms with van der Waals surface area (Å²) in [7, 11) is 0. The van der Waals surface area contributed by atoms with Gasteiger partial charge in [0, 0.05) is 0 Å². The smallest absolute Gasteiger partial charge is 0.0289 e. The Kier molecular flexibility index (Phi) is 3.92. The third-order valence-corrected chi connectivity index (χ3v) is 5.51. The highest BCUT2D eigenvalue weighted by Crippen LogP contribution is 2.54. The summed E-state index contributed by atoms with van der Waals surface area (Å²) in [6.07, 6.45) is 5.14. The van der Waals surface area contributed by atoms with Gasteiger partial charge < -0.3 is 0 Å². The van der Waals surface area contributed by atoms with Crippen molar-refractivity contribution in [2.45, 2.75) is 67.2 Å². The van der Waals surface area contributed by atoms with Crippen molar-refractivity contribution in [1.29, 1.82) is 0 Å². The SMILES string of the molecule is C=C(CC)CC1CCC(C)(C)C(C)C1(C)C. The van der Waals surface area contributed by atoms with Crippen molar-refractivity contribution in [1.82, 2.24) is 0 Å². The van der Waals surface area contributed by atoms with E-state index in [2.05, 4.69) is 48.1 Å². The molecule has 0 aromatic rings. The van der Waals surface area contributed by atoms with Crippen LogP contribution in [0.3, 0.4) is 0 Å². The molecule has 0 radical (unpaired) electrons. The van der Waals surface area contributed by atoms with E-state index in [-0.39, 0.29) is 0 Å². The van der Waals surface area contributed by atoms with E-state index in [0.717, 1.165) is 18.3 Å². The number of hydrogen-bond donors (Lipinski definition) is 0. The van der Waals surface area contributed by atoms with Gasteiger partial charge in [0.15, 0.2) is 0 Å². The molecule has 0 spiro atoms. The van der Waals surface area contributed by atoms with E-state index in [0.29, 0.717) is 10.8 Å². The van der Waals surface area contributed by atoms with Crippen molar-refractivity contribution in [3.05, 3.63) is 12.2 Å². The molecule has 2 atom stereocenters. The molecule has 0 aromatic carbocycles. The highest BCUT2D eigenvalue weighted by molar-refractivity contribution is 5.02. The van der Waals surface area contributed by atoms with Crippen LogP contribution in [-0.2, 0) is 0 Å². The van der Waals surface area contributed by atoms with Crippen molar-refractivity contribution in [3.63, 3.8) is 0 Å². The Morgan fingerprint density at radius 3 is 2.31 bits per heavy atom. The quantitative estimate of drug-likeness (QED) is 0.558.